The summed E-state index contributed by atoms with van der Waals surface area (Å²) < 4.78 is 5.18. The van der Waals surface area contributed by atoms with Crippen molar-refractivity contribution in [3.8, 4) is 0 Å². The molecule has 0 amide bonds. The highest BCUT2D eigenvalue weighted by Gasteiger charge is 2.22. The van der Waals surface area contributed by atoms with Crippen LogP contribution in [-0.2, 0) is 9.53 Å². The lowest BCUT2D eigenvalue weighted by atomic mass is 10.0. The standard InChI is InChI=1S/C14H26O2/c1-2-3-4-5-6-7-8-9-10-13-11-12-14(15)16-13/h13H,2-12H2,1H3/t13-/m1/s1. The van der Waals surface area contributed by atoms with Crippen molar-refractivity contribution in [1.82, 2.24) is 0 Å². The molecule has 1 fully saturated rings. The Morgan fingerprint density at radius 1 is 1.06 bits per heavy atom. The molecule has 0 radical (unpaired) electrons. The van der Waals surface area contributed by atoms with Gasteiger partial charge < -0.3 is 4.74 Å². The summed E-state index contributed by atoms with van der Waals surface area (Å²) >= 11 is 0. The molecular weight excluding hydrogens is 200 g/mol. The first-order chi connectivity index (χ1) is 7.83. The molecule has 1 saturated heterocycles. The van der Waals surface area contributed by atoms with Gasteiger partial charge in [0.15, 0.2) is 0 Å². The van der Waals surface area contributed by atoms with E-state index in [0.29, 0.717) is 6.42 Å². The van der Waals surface area contributed by atoms with E-state index in [9.17, 15) is 4.79 Å². The fraction of sp³-hybridized carbons (Fsp3) is 0.929. The van der Waals surface area contributed by atoms with Gasteiger partial charge in [-0.25, -0.2) is 0 Å². The van der Waals surface area contributed by atoms with Gasteiger partial charge in [-0.3, -0.25) is 4.79 Å². The van der Waals surface area contributed by atoms with Crippen molar-refractivity contribution in [2.24, 2.45) is 0 Å². The van der Waals surface area contributed by atoms with Crippen LogP contribution in [0.4, 0.5) is 0 Å². The molecule has 1 atom stereocenters. The third kappa shape index (κ3) is 6.14. The second-order valence-electron chi connectivity index (χ2n) is 4.91. The number of hydrogen-bond donors (Lipinski definition) is 0. The Balaban J connectivity index is 1.79. The fourth-order valence-corrected chi connectivity index (χ4v) is 2.29. The number of ether oxygens (including phenoxy) is 1. The van der Waals surface area contributed by atoms with Gasteiger partial charge in [0.25, 0.3) is 0 Å². The molecule has 0 aliphatic carbocycles. The summed E-state index contributed by atoms with van der Waals surface area (Å²) in [4.78, 5) is 10.9. The van der Waals surface area contributed by atoms with Crippen LogP contribution in [-0.4, -0.2) is 12.1 Å². The lowest BCUT2D eigenvalue weighted by molar-refractivity contribution is -0.141. The van der Waals surface area contributed by atoms with Gasteiger partial charge in [0, 0.05) is 6.42 Å². The average Bonchev–Trinajstić information content (AvgIpc) is 2.68. The van der Waals surface area contributed by atoms with Gasteiger partial charge in [-0.15, -0.1) is 0 Å². The molecule has 1 aliphatic heterocycles. The number of esters is 1. The van der Waals surface area contributed by atoms with Crippen molar-refractivity contribution in [3.63, 3.8) is 0 Å². The first-order valence-electron chi connectivity index (χ1n) is 7.02. The molecule has 0 spiro atoms. The molecule has 0 aromatic rings. The minimum atomic E-state index is 0.00423. The van der Waals surface area contributed by atoms with Gasteiger partial charge in [0.05, 0.1) is 0 Å². The molecule has 2 heteroatoms. The Bertz CT molecular complexity index is 189. The predicted molar refractivity (Wildman–Crippen MR) is 66.3 cm³/mol. The summed E-state index contributed by atoms with van der Waals surface area (Å²) in [6.45, 7) is 2.25. The molecule has 94 valence electrons. The normalized spacial score (nSPS) is 20.1. The summed E-state index contributed by atoms with van der Waals surface area (Å²) in [7, 11) is 0. The number of hydrogen-bond acceptors (Lipinski definition) is 2. The van der Waals surface area contributed by atoms with E-state index in [2.05, 4.69) is 6.92 Å². The molecule has 0 aromatic carbocycles. The third-order valence-electron chi connectivity index (χ3n) is 3.35. The second-order valence-corrected chi connectivity index (χ2v) is 4.91. The largest absolute Gasteiger partial charge is 0.462 e. The summed E-state index contributed by atoms with van der Waals surface area (Å²) in [6, 6.07) is 0. The molecular formula is C14H26O2. The van der Waals surface area contributed by atoms with Crippen LogP contribution in [0.15, 0.2) is 0 Å². The monoisotopic (exact) mass is 226 g/mol. The predicted octanol–water partition coefficient (Wildman–Crippen LogP) is 4.22. The first-order valence-corrected chi connectivity index (χ1v) is 7.02. The van der Waals surface area contributed by atoms with Gasteiger partial charge in [0.2, 0.25) is 0 Å². The molecule has 0 aromatic heterocycles. The number of cyclic esters (lactones) is 1. The van der Waals surface area contributed by atoms with E-state index in [1.54, 1.807) is 0 Å². The highest BCUT2D eigenvalue weighted by Crippen LogP contribution is 2.20. The Labute approximate surface area is 99.8 Å². The third-order valence-corrected chi connectivity index (χ3v) is 3.35. The quantitative estimate of drug-likeness (QED) is 0.434. The lowest BCUT2D eigenvalue weighted by Gasteiger charge is -2.08. The summed E-state index contributed by atoms with van der Waals surface area (Å²) in [5, 5.41) is 0. The Morgan fingerprint density at radius 2 is 1.69 bits per heavy atom. The summed E-state index contributed by atoms with van der Waals surface area (Å²) in [6.07, 6.45) is 13.7. The number of unbranched alkanes of at least 4 members (excludes halogenated alkanes) is 7. The smallest absolute Gasteiger partial charge is 0.306 e. The maximum atomic E-state index is 10.9. The van der Waals surface area contributed by atoms with Gasteiger partial charge in [0.1, 0.15) is 6.10 Å². The van der Waals surface area contributed by atoms with Crippen LogP contribution in [0, 0.1) is 0 Å². The topological polar surface area (TPSA) is 26.3 Å². The van der Waals surface area contributed by atoms with Crippen molar-refractivity contribution in [2.75, 3.05) is 0 Å². The fourth-order valence-electron chi connectivity index (χ4n) is 2.29. The van der Waals surface area contributed by atoms with Crippen LogP contribution in [0.1, 0.15) is 77.6 Å². The number of rotatable bonds is 9. The van der Waals surface area contributed by atoms with Gasteiger partial charge in [-0.2, -0.15) is 0 Å². The molecule has 0 bridgehead atoms. The van der Waals surface area contributed by atoms with Crippen molar-refractivity contribution in [3.05, 3.63) is 0 Å². The molecule has 0 unspecified atom stereocenters. The Morgan fingerprint density at radius 3 is 2.25 bits per heavy atom. The van der Waals surface area contributed by atoms with E-state index in [1.807, 2.05) is 0 Å². The molecule has 2 nitrogen and oxygen atoms in total. The summed E-state index contributed by atoms with van der Waals surface area (Å²) in [5.41, 5.74) is 0. The highest BCUT2D eigenvalue weighted by atomic mass is 16.5. The minimum absolute atomic E-state index is 0.00423. The van der Waals surface area contributed by atoms with Crippen molar-refractivity contribution in [2.45, 2.75) is 83.7 Å². The van der Waals surface area contributed by atoms with Crippen LogP contribution in [0.3, 0.4) is 0 Å². The molecule has 1 rings (SSSR count). The zero-order valence-corrected chi connectivity index (χ0v) is 10.7. The van der Waals surface area contributed by atoms with Gasteiger partial charge in [-0.05, 0) is 19.3 Å². The van der Waals surface area contributed by atoms with E-state index in [1.165, 1.54) is 51.4 Å². The number of carbonyl (C=O) groups is 1. The van der Waals surface area contributed by atoms with E-state index < -0.39 is 0 Å². The van der Waals surface area contributed by atoms with E-state index in [-0.39, 0.29) is 12.1 Å². The highest BCUT2D eigenvalue weighted by molar-refractivity contribution is 5.71. The SMILES string of the molecule is CCCCCCCCCC[C@@H]1CCC(=O)O1. The maximum Gasteiger partial charge on any atom is 0.306 e. The van der Waals surface area contributed by atoms with E-state index in [4.69, 9.17) is 4.74 Å². The van der Waals surface area contributed by atoms with Crippen molar-refractivity contribution < 1.29 is 9.53 Å². The zero-order chi connectivity index (χ0) is 11.6. The number of carbonyl (C=O) groups excluding carboxylic acids is 1. The molecule has 0 N–H and O–H groups in total. The molecule has 1 aliphatic rings. The van der Waals surface area contributed by atoms with Crippen LogP contribution in [0.2, 0.25) is 0 Å². The van der Waals surface area contributed by atoms with Gasteiger partial charge >= 0.3 is 5.97 Å². The van der Waals surface area contributed by atoms with E-state index >= 15 is 0 Å². The molecule has 16 heavy (non-hydrogen) atoms. The zero-order valence-electron chi connectivity index (χ0n) is 10.7. The lowest BCUT2D eigenvalue weighted by Crippen LogP contribution is -2.06. The first kappa shape index (κ1) is 13.5. The average molecular weight is 226 g/mol. The van der Waals surface area contributed by atoms with Crippen LogP contribution < -0.4 is 0 Å². The van der Waals surface area contributed by atoms with Crippen LogP contribution >= 0.6 is 0 Å². The minimum Gasteiger partial charge on any atom is -0.462 e. The van der Waals surface area contributed by atoms with Crippen LogP contribution in [0.5, 0.6) is 0 Å². The summed E-state index contributed by atoms with van der Waals surface area (Å²) in [5.74, 6) is 0.00423. The van der Waals surface area contributed by atoms with Crippen molar-refractivity contribution in [1.29, 1.82) is 0 Å². The second kappa shape index (κ2) is 8.60. The Hall–Kier alpha value is -0.530. The maximum absolute atomic E-state index is 10.9. The molecule has 1 heterocycles. The van der Waals surface area contributed by atoms with Gasteiger partial charge in [-0.1, -0.05) is 51.9 Å². The van der Waals surface area contributed by atoms with Crippen molar-refractivity contribution >= 4 is 5.97 Å². The van der Waals surface area contributed by atoms with Crippen LogP contribution in [0.25, 0.3) is 0 Å². The van der Waals surface area contributed by atoms with E-state index in [0.717, 1.165) is 12.8 Å². The molecule has 0 saturated carbocycles. The Kier molecular flexibility index (Phi) is 7.28.